The number of anilines is 5. The molecule has 0 spiro atoms. The van der Waals surface area contributed by atoms with E-state index in [2.05, 4.69) is 68.3 Å². The fraction of sp³-hybridized carbons (Fsp3) is 0.370. The van der Waals surface area contributed by atoms with Gasteiger partial charge in [0.15, 0.2) is 11.5 Å². The minimum atomic E-state index is -1.03. The molecule has 0 radical (unpaired) electrons. The van der Waals surface area contributed by atoms with E-state index in [4.69, 9.17) is 4.98 Å². The van der Waals surface area contributed by atoms with E-state index in [1.807, 2.05) is 30.1 Å². The zero-order valence-corrected chi connectivity index (χ0v) is 35.3. The Kier molecular flexibility index (Phi) is 9.71. The van der Waals surface area contributed by atoms with E-state index >= 15 is 0 Å². The van der Waals surface area contributed by atoms with Gasteiger partial charge < -0.3 is 25.8 Å². The average molecular weight is 850 g/mol. The van der Waals surface area contributed by atoms with Crippen molar-refractivity contribution in [1.29, 1.82) is 0 Å². The van der Waals surface area contributed by atoms with Gasteiger partial charge in [-0.3, -0.25) is 39.0 Å². The third-order valence-corrected chi connectivity index (χ3v) is 13.2. The predicted molar refractivity (Wildman–Crippen MR) is 233 cm³/mol. The van der Waals surface area contributed by atoms with E-state index < -0.39 is 35.2 Å². The van der Waals surface area contributed by atoms with Gasteiger partial charge in [0.05, 0.1) is 16.5 Å². The highest BCUT2D eigenvalue weighted by atomic mass is 16.2. The number of imide groups is 2. The first-order valence-electron chi connectivity index (χ1n) is 21.5. The number of carbonyl (C=O) groups is 6. The molecule has 1 aliphatic carbocycles. The van der Waals surface area contributed by atoms with Crippen molar-refractivity contribution in [3.05, 3.63) is 94.2 Å². The second kappa shape index (κ2) is 15.3. The molecule has 6 heterocycles. The zero-order chi connectivity index (χ0) is 43.7. The van der Waals surface area contributed by atoms with E-state index in [-0.39, 0.29) is 41.7 Å². The quantitative estimate of drug-likeness (QED) is 0.153. The van der Waals surface area contributed by atoms with Gasteiger partial charge in [-0.05, 0) is 105 Å². The van der Waals surface area contributed by atoms with Gasteiger partial charge in [0.25, 0.3) is 11.8 Å². The Bertz CT molecular complexity index is 2770. The molecule has 3 aromatic carbocycles. The number of benzene rings is 3. The molecule has 1 unspecified atom stereocenters. The third-order valence-electron chi connectivity index (χ3n) is 13.2. The van der Waals surface area contributed by atoms with Crippen molar-refractivity contribution in [1.82, 2.24) is 40.2 Å². The van der Waals surface area contributed by atoms with Crippen molar-refractivity contribution < 1.29 is 28.8 Å². The van der Waals surface area contributed by atoms with Crippen molar-refractivity contribution in [2.75, 3.05) is 35.2 Å². The Labute approximate surface area is 362 Å². The van der Waals surface area contributed by atoms with Crippen molar-refractivity contribution in [2.45, 2.75) is 76.9 Å². The molecule has 0 bridgehead atoms. The first-order valence-corrected chi connectivity index (χ1v) is 21.5. The normalized spacial score (nSPS) is 19.5. The predicted octanol–water partition coefficient (Wildman–Crippen LogP) is 4.32. The van der Waals surface area contributed by atoms with Gasteiger partial charge in [0.2, 0.25) is 29.6 Å². The molecule has 1 saturated carbocycles. The number of carbonyl (C=O) groups excluding carboxylic acids is 6. The van der Waals surface area contributed by atoms with Gasteiger partial charge in [0.1, 0.15) is 11.6 Å². The fourth-order valence-corrected chi connectivity index (χ4v) is 9.47. The van der Waals surface area contributed by atoms with E-state index in [1.54, 1.807) is 29.1 Å². The summed E-state index contributed by atoms with van der Waals surface area (Å²) >= 11 is 0. The van der Waals surface area contributed by atoms with Gasteiger partial charge in [0, 0.05) is 68.8 Å². The van der Waals surface area contributed by atoms with Gasteiger partial charge in [-0.2, -0.15) is 10.1 Å². The molecular weight excluding hydrogens is 803 g/mol. The van der Waals surface area contributed by atoms with Crippen LogP contribution in [0.5, 0.6) is 0 Å². The van der Waals surface area contributed by atoms with Crippen LogP contribution >= 0.6 is 0 Å². The molecule has 4 N–H and O–H groups in total. The summed E-state index contributed by atoms with van der Waals surface area (Å²) in [6.45, 7) is 6.19. The number of nitrogens with zero attached hydrogens (tertiary/aromatic N) is 7. The maximum absolute atomic E-state index is 14.1. The zero-order valence-electron chi connectivity index (χ0n) is 35.3. The van der Waals surface area contributed by atoms with Crippen LogP contribution in [0.4, 0.5) is 28.8 Å². The summed E-state index contributed by atoms with van der Waals surface area (Å²) in [4.78, 5) is 92.8. The number of amides is 6. The molecule has 4 aliphatic heterocycles. The Morgan fingerprint density at radius 2 is 1.60 bits per heavy atom. The highest BCUT2D eigenvalue weighted by molar-refractivity contribution is 6.23. The molecule has 322 valence electrons. The molecule has 17 heteroatoms. The van der Waals surface area contributed by atoms with Crippen LogP contribution in [0.15, 0.2) is 60.8 Å². The standard InChI is InChI=1S/C46H47N11O6/c1-25-5-4-6-26(2)37(25)50-38-34-23-47-45(51-39(34)54(3)53-38)48-30-8-7-27-13-20-56(24-29(27)21-30)44(63)46(16-17-46)52-40(59)28-14-18-55(19-15-28)31-9-10-32-33(22-31)43(62)57(42(32)61)35-11-12-36(58)49-41(35)60/h4-10,21-23,28,35H,11-20,24H2,1-3H3,(H,50,53)(H,52,59)(H,47,48,51)(H,49,58,60). The molecule has 2 aromatic heterocycles. The highest BCUT2D eigenvalue weighted by Crippen LogP contribution is 2.40. The monoisotopic (exact) mass is 849 g/mol. The molecule has 2 saturated heterocycles. The summed E-state index contributed by atoms with van der Waals surface area (Å²) in [5.74, 6) is -1.54. The van der Waals surface area contributed by atoms with Crippen molar-refractivity contribution >= 4 is 75.3 Å². The number of hydrogen-bond donors (Lipinski definition) is 4. The van der Waals surface area contributed by atoms with Gasteiger partial charge in [-0.1, -0.05) is 24.3 Å². The number of para-hydroxylation sites is 1. The molecule has 10 rings (SSSR count). The molecule has 1 atom stereocenters. The largest absolute Gasteiger partial charge is 0.371 e. The van der Waals surface area contributed by atoms with Crippen LogP contribution in [0, 0.1) is 19.8 Å². The lowest BCUT2D eigenvalue weighted by atomic mass is 9.94. The van der Waals surface area contributed by atoms with Crippen LogP contribution < -0.4 is 26.2 Å². The van der Waals surface area contributed by atoms with Crippen molar-refractivity contribution in [2.24, 2.45) is 13.0 Å². The van der Waals surface area contributed by atoms with Crippen LogP contribution in [-0.2, 0) is 39.2 Å². The number of hydrogen-bond acceptors (Lipinski definition) is 12. The first kappa shape index (κ1) is 39.9. The molecule has 5 aromatic rings. The molecule has 17 nitrogen and oxygen atoms in total. The lowest BCUT2D eigenvalue weighted by Crippen LogP contribution is -2.54. The van der Waals surface area contributed by atoms with E-state index in [9.17, 15) is 28.8 Å². The molecule has 6 amide bonds. The van der Waals surface area contributed by atoms with Crippen LogP contribution in [-0.4, -0.2) is 96.2 Å². The number of rotatable bonds is 9. The van der Waals surface area contributed by atoms with Crippen molar-refractivity contribution in [3.63, 3.8) is 0 Å². The third kappa shape index (κ3) is 7.20. The van der Waals surface area contributed by atoms with Crippen LogP contribution in [0.2, 0.25) is 0 Å². The number of fused-ring (bicyclic) bond motifs is 3. The summed E-state index contributed by atoms with van der Waals surface area (Å²) in [6.07, 6.45) is 4.90. The maximum atomic E-state index is 14.1. The maximum Gasteiger partial charge on any atom is 0.262 e. The Hall–Kier alpha value is -7.17. The summed E-state index contributed by atoms with van der Waals surface area (Å²) in [7, 11) is 1.85. The Morgan fingerprint density at radius 1 is 0.841 bits per heavy atom. The molecule has 63 heavy (non-hydrogen) atoms. The van der Waals surface area contributed by atoms with Gasteiger partial charge >= 0.3 is 0 Å². The van der Waals surface area contributed by atoms with Gasteiger partial charge in [-0.25, -0.2) is 9.67 Å². The second-order valence-corrected chi connectivity index (χ2v) is 17.4. The number of aromatic nitrogens is 4. The topological polar surface area (TPSA) is 204 Å². The minimum absolute atomic E-state index is 0.0528. The molecular formula is C46H47N11O6. The van der Waals surface area contributed by atoms with Gasteiger partial charge in [-0.15, -0.1) is 0 Å². The van der Waals surface area contributed by atoms with Crippen LogP contribution in [0.1, 0.15) is 81.5 Å². The SMILES string of the molecule is Cc1cccc(C)c1Nc1nn(C)c2nc(Nc3ccc4c(c3)CN(C(=O)C3(NC(=O)C5CCN(c6ccc7c(c6)C(=O)N(C6CCC(=O)NC6=O)C7=O)CC5)CC3)CC4)ncc12. The summed E-state index contributed by atoms with van der Waals surface area (Å²) in [5, 5.41) is 17.7. The lowest BCUT2D eigenvalue weighted by molar-refractivity contribution is -0.139. The summed E-state index contributed by atoms with van der Waals surface area (Å²) < 4.78 is 1.73. The lowest BCUT2D eigenvalue weighted by Gasteiger charge is -2.35. The van der Waals surface area contributed by atoms with Crippen LogP contribution in [0.3, 0.4) is 0 Å². The molecule has 3 fully saturated rings. The summed E-state index contributed by atoms with van der Waals surface area (Å²) in [6, 6.07) is 16.3. The minimum Gasteiger partial charge on any atom is -0.371 e. The number of aryl methyl sites for hydroxylation is 3. The average Bonchev–Trinajstić information content (AvgIpc) is 3.94. The number of nitrogens with one attached hydrogen (secondary N) is 4. The smallest absolute Gasteiger partial charge is 0.262 e. The van der Waals surface area contributed by atoms with E-state index in [0.29, 0.717) is 75.7 Å². The van der Waals surface area contributed by atoms with E-state index in [1.165, 1.54) is 5.56 Å². The Balaban J connectivity index is 0.750. The first-order chi connectivity index (χ1) is 30.4. The number of piperidine rings is 2. The fourth-order valence-electron chi connectivity index (χ4n) is 9.47. The Morgan fingerprint density at radius 3 is 2.35 bits per heavy atom. The molecule has 5 aliphatic rings. The van der Waals surface area contributed by atoms with Crippen molar-refractivity contribution in [3.8, 4) is 0 Å². The highest BCUT2D eigenvalue weighted by Gasteiger charge is 2.54. The van der Waals surface area contributed by atoms with E-state index in [0.717, 1.165) is 44.0 Å². The second-order valence-electron chi connectivity index (χ2n) is 17.4. The van der Waals surface area contributed by atoms with Crippen LogP contribution in [0.25, 0.3) is 11.0 Å². The summed E-state index contributed by atoms with van der Waals surface area (Å²) in [5.41, 5.74) is 7.20.